The summed E-state index contributed by atoms with van der Waals surface area (Å²) in [6.45, 7) is 11.5. The van der Waals surface area contributed by atoms with Crippen molar-refractivity contribution in [3.8, 4) is 0 Å². The highest BCUT2D eigenvalue weighted by Gasteiger charge is 2.29. The molecule has 0 atom stereocenters. The fraction of sp³-hybridized carbons (Fsp3) is 0.750. The van der Waals surface area contributed by atoms with Gasteiger partial charge in [0.2, 0.25) is 0 Å². The number of rotatable bonds is 5. The Labute approximate surface area is 151 Å². The lowest BCUT2D eigenvalue weighted by molar-refractivity contribution is 0.0913. The molecule has 25 heavy (non-hydrogen) atoms. The first-order chi connectivity index (χ1) is 11.9. The van der Waals surface area contributed by atoms with Gasteiger partial charge in [-0.3, -0.25) is 9.69 Å². The molecule has 0 aliphatic carbocycles. The van der Waals surface area contributed by atoms with Crippen molar-refractivity contribution in [3.05, 3.63) is 22.6 Å². The van der Waals surface area contributed by atoms with Crippen LogP contribution in [-0.2, 0) is 13.0 Å². The molecule has 5 heteroatoms. The molecular formula is C20H33N3O2. The van der Waals surface area contributed by atoms with Crippen molar-refractivity contribution >= 4 is 5.91 Å². The molecule has 2 aliphatic rings. The number of fused-ring (bicyclic) bond motifs is 1. The van der Waals surface area contributed by atoms with Crippen LogP contribution in [0.2, 0.25) is 0 Å². The minimum Gasteiger partial charge on any atom is -0.465 e. The number of aryl methyl sites for hydroxylation is 1. The van der Waals surface area contributed by atoms with Gasteiger partial charge in [0.25, 0.3) is 5.91 Å². The number of likely N-dealkylation sites (tertiary alicyclic amines) is 1. The Morgan fingerprint density at radius 2 is 2.00 bits per heavy atom. The number of piperidine rings is 1. The zero-order chi connectivity index (χ0) is 18.0. The zero-order valence-corrected chi connectivity index (χ0v) is 16.2. The lowest BCUT2D eigenvalue weighted by Gasteiger charge is -2.30. The SMILES string of the molecule is Cc1oc2c(c1C(=O)NC1CCN(C)CC1)CN(CCC(C)C)CC2. The summed E-state index contributed by atoms with van der Waals surface area (Å²) in [4.78, 5) is 17.7. The maximum atomic E-state index is 12.9. The van der Waals surface area contributed by atoms with Crippen molar-refractivity contribution in [1.82, 2.24) is 15.1 Å². The van der Waals surface area contributed by atoms with E-state index in [1.54, 1.807) is 0 Å². The monoisotopic (exact) mass is 347 g/mol. The van der Waals surface area contributed by atoms with Crippen LogP contribution in [0.3, 0.4) is 0 Å². The number of nitrogens with one attached hydrogen (secondary N) is 1. The summed E-state index contributed by atoms with van der Waals surface area (Å²) < 4.78 is 5.94. The number of furan rings is 1. The van der Waals surface area contributed by atoms with Gasteiger partial charge in [0.15, 0.2) is 0 Å². The Morgan fingerprint density at radius 1 is 1.28 bits per heavy atom. The van der Waals surface area contributed by atoms with E-state index in [-0.39, 0.29) is 11.9 Å². The minimum atomic E-state index is 0.0581. The quantitative estimate of drug-likeness (QED) is 0.890. The summed E-state index contributed by atoms with van der Waals surface area (Å²) in [6.07, 6.45) is 4.17. The van der Waals surface area contributed by atoms with Crippen LogP contribution < -0.4 is 5.32 Å². The smallest absolute Gasteiger partial charge is 0.255 e. The second-order valence-electron chi connectivity index (χ2n) is 8.19. The number of carbonyl (C=O) groups excluding carboxylic acids is 1. The number of carbonyl (C=O) groups is 1. The molecule has 0 aromatic carbocycles. The first-order valence-corrected chi connectivity index (χ1v) is 9.77. The maximum absolute atomic E-state index is 12.9. The number of hydrogen-bond acceptors (Lipinski definition) is 4. The first-order valence-electron chi connectivity index (χ1n) is 9.77. The minimum absolute atomic E-state index is 0.0581. The largest absolute Gasteiger partial charge is 0.465 e. The molecule has 0 unspecified atom stereocenters. The predicted molar refractivity (Wildman–Crippen MR) is 99.9 cm³/mol. The van der Waals surface area contributed by atoms with Crippen LogP contribution in [0.1, 0.15) is 60.6 Å². The van der Waals surface area contributed by atoms with Crippen molar-refractivity contribution in [2.75, 3.05) is 33.2 Å². The van der Waals surface area contributed by atoms with Crippen LogP contribution in [0, 0.1) is 12.8 Å². The van der Waals surface area contributed by atoms with Crippen LogP contribution in [0.4, 0.5) is 0 Å². The fourth-order valence-corrected chi connectivity index (χ4v) is 3.92. The molecule has 1 aromatic rings. The Balaban J connectivity index is 1.68. The molecule has 5 nitrogen and oxygen atoms in total. The lowest BCUT2D eigenvalue weighted by Crippen LogP contribution is -2.43. The Morgan fingerprint density at radius 3 is 2.68 bits per heavy atom. The van der Waals surface area contributed by atoms with Gasteiger partial charge in [-0.2, -0.15) is 0 Å². The highest BCUT2D eigenvalue weighted by molar-refractivity contribution is 5.97. The zero-order valence-electron chi connectivity index (χ0n) is 16.2. The van der Waals surface area contributed by atoms with Gasteiger partial charge in [-0.1, -0.05) is 13.8 Å². The van der Waals surface area contributed by atoms with E-state index >= 15 is 0 Å². The summed E-state index contributed by atoms with van der Waals surface area (Å²) in [7, 11) is 2.14. The predicted octanol–water partition coefficient (Wildman–Crippen LogP) is 2.82. The summed E-state index contributed by atoms with van der Waals surface area (Å²) in [5, 5.41) is 3.25. The maximum Gasteiger partial charge on any atom is 0.255 e. The van der Waals surface area contributed by atoms with Gasteiger partial charge in [0.05, 0.1) is 5.56 Å². The molecule has 0 radical (unpaired) electrons. The molecule has 1 N–H and O–H groups in total. The topological polar surface area (TPSA) is 48.7 Å². The average Bonchev–Trinajstić information content (AvgIpc) is 2.90. The highest BCUT2D eigenvalue weighted by atomic mass is 16.3. The molecule has 0 bridgehead atoms. The summed E-state index contributed by atoms with van der Waals surface area (Å²) >= 11 is 0. The van der Waals surface area contributed by atoms with Crippen LogP contribution >= 0.6 is 0 Å². The summed E-state index contributed by atoms with van der Waals surface area (Å²) in [6, 6.07) is 0.286. The molecular weight excluding hydrogens is 314 g/mol. The van der Waals surface area contributed by atoms with Crippen molar-refractivity contribution in [1.29, 1.82) is 0 Å². The van der Waals surface area contributed by atoms with Gasteiger partial charge < -0.3 is 14.6 Å². The summed E-state index contributed by atoms with van der Waals surface area (Å²) in [5.41, 5.74) is 1.92. The first kappa shape index (κ1) is 18.5. The van der Waals surface area contributed by atoms with Crippen LogP contribution in [-0.4, -0.2) is 55.0 Å². The fourth-order valence-electron chi connectivity index (χ4n) is 3.92. The van der Waals surface area contributed by atoms with Crippen molar-refractivity contribution in [3.63, 3.8) is 0 Å². The molecule has 3 rings (SSSR count). The van der Waals surface area contributed by atoms with Gasteiger partial charge in [-0.05, 0) is 58.8 Å². The van der Waals surface area contributed by atoms with E-state index in [0.29, 0.717) is 5.92 Å². The molecule has 0 spiro atoms. The third kappa shape index (κ3) is 4.45. The molecule has 1 saturated heterocycles. The van der Waals surface area contributed by atoms with Crippen molar-refractivity contribution in [2.45, 2.75) is 59.0 Å². The van der Waals surface area contributed by atoms with Crippen molar-refractivity contribution in [2.24, 2.45) is 5.92 Å². The van der Waals surface area contributed by atoms with Gasteiger partial charge in [-0.15, -0.1) is 0 Å². The second-order valence-corrected chi connectivity index (χ2v) is 8.19. The van der Waals surface area contributed by atoms with Gasteiger partial charge in [0.1, 0.15) is 11.5 Å². The number of hydrogen-bond donors (Lipinski definition) is 1. The number of amides is 1. The molecule has 1 fully saturated rings. The molecule has 1 amide bonds. The van der Waals surface area contributed by atoms with Gasteiger partial charge in [-0.25, -0.2) is 0 Å². The molecule has 2 aliphatic heterocycles. The van der Waals surface area contributed by atoms with E-state index in [2.05, 4.69) is 36.0 Å². The third-order valence-corrected chi connectivity index (χ3v) is 5.61. The van der Waals surface area contributed by atoms with Crippen LogP contribution in [0.5, 0.6) is 0 Å². The lowest BCUT2D eigenvalue weighted by atomic mass is 10.00. The van der Waals surface area contributed by atoms with E-state index < -0.39 is 0 Å². The normalized spacial score (nSPS) is 20.0. The van der Waals surface area contributed by atoms with Gasteiger partial charge in [0, 0.05) is 31.1 Å². The third-order valence-electron chi connectivity index (χ3n) is 5.61. The summed E-state index contributed by atoms with van der Waals surface area (Å²) in [5.74, 6) is 2.57. The molecule has 1 aromatic heterocycles. The van der Waals surface area contributed by atoms with E-state index in [9.17, 15) is 4.79 Å². The number of nitrogens with zero attached hydrogens (tertiary/aromatic N) is 2. The Hall–Kier alpha value is -1.33. The van der Waals surface area contributed by atoms with E-state index in [0.717, 1.165) is 74.6 Å². The van der Waals surface area contributed by atoms with E-state index in [1.807, 2.05) is 6.92 Å². The standard InChI is InChI=1S/C20H33N3O2/c1-14(2)5-11-23-12-8-18-17(13-23)19(15(3)25-18)20(24)21-16-6-9-22(4)10-7-16/h14,16H,5-13H2,1-4H3,(H,21,24). The van der Waals surface area contributed by atoms with E-state index in [4.69, 9.17) is 4.42 Å². The Kier molecular flexibility index (Phi) is 5.85. The van der Waals surface area contributed by atoms with Gasteiger partial charge >= 0.3 is 0 Å². The highest BCUT2D eigenvalue weighted by Crippen LogP contribution is 2.28. The molecule has 3 heterocycles. The van der Waals surface area contributed by atoms with Crippen molar-refractivity contribution < 1.29 is 9.21 Å². The Bertz CT molecular complexity index is 600. The van der Waals surface area contributed by atoms with Crippen LogP contribution in [0.25, 0.3) is 0 Å². The van der Waals surface area contributed by atoms with Crippen LogP contribution in [0.15, 0.2) is 4.42 Å². The van der Waals surface area contributed by atoms with E-state index in [1.165, 1.54) is 6.42 Å². The second kappa shape index (κ2) is 7.92. The molecule has 0 saturated carbocycles. The average molecular weight is 348 g/mol. The molecule has 140 valence electrons.